The van der Waals surface area contributed by atoms with E-state index in [0.29, 0.717) is 39.1 Å². The Kier molecular flexibility index (Phi) is 5.53. The molecule has 6 nitrogen and oxygen atoms in total. The number of carbonyl (C=O) groups excluding carboxylic acids is 2. The number of urea groups is 1. The standard InChI is InChI=1S/C17H21N3O3S/c21-16(14-5-12-24-13-14)19-7-2-8-20(10-9-19)17(22)18-6-4-15-3-1-11-23-15/h1,3,5,11-13H,2,4,6-10H2,(H,18,22). The largest absolute Gasteiger partial charge is 0.469 e. The van der Waals surface area contributed by atoms with Gasteiger partial charge in [-0.2, -0.15) is 11.3 Å². The lowest BCUT2D eigenvalue weighted by Gasteiger charge is -2.22. The van der Waals surface area contributed by atoms with Gasteiger partial charge in [0, 0.05) is 44.5 Å². The zero-order chi connectivity index (χ0) is 16.8. The molecule has 0 aromatic carbocycles. The van der Waals surface area contributed by atoms with E-state index in [-0.39, 0.29) is 11.9 Å². The van der Waals surface area contributed by atoms with E-state index in [0.717, 1.165) is 17.7 Å². The molecule has 0 spiro atoms. The highest BCUT2D eigenvalue weighted by Crippen LogP contribution is 2.12. The molecule has 2 aromatic heterocycles. The van der Waals surface area contributed by atoms with Crippen LogP contribution in [0.4, 0.5) is 4.79 Å². The molecule has 0 bridgehead atoms. The van der Waals surface area contributed by atoms with Crippen LogP contribution in [0.5, 0.6) is 0 Å². The molecule has 24 heavy (non-hydrogen) atoms. The van der Waals surface area contributed by atoms with Gasteiger partial charge in [-0.25, -0.2) is 4.79 Å². The van der Waals surface area contributed by atoms with Gasteiger partial charge in [-0.05, 0) is 30.0 Å². The average molecular weight is 347 g/mol. The number of nitrogens with one attached hydrogen (secondary N) is 1. The Hall–Kier alpha value is -2.28. The van der Waals surface area contributed by atoms with Gasteiger partial charge >= 0.3 is 6.03 Å². The third kappa shape index (κ3) is 4.17. The summed E-state index contributed by atoms with van der Waals surface area (Å²) < 4.78 is 5.25. The maximum atomic E-state index is 12.4. The first-order valence-corrected chi connectivity index (χ1v) is 9.05. The normalized spacial score (nSPS) is 15.2. The van der Waals surface area contributed by atoms with E-state index < -0.39 is 0 Å². The van der Waals surface area contributed by atoms with Gasteiger partial charge in [0.15, 0.2) is 0 Å². The van der Waals surface area contributed by atoms with Crippen molar-refractivity contribution in [1.29, 1.82) is 0 Å². The fraction of sp³-hybridized carbons (Fsp3) is 0.412. The molecule has 3 amide bonds. The molecule has 128 valence electrons. The van der Waals surface area contributed by atoms with Crippen LogP contribution in [0.15, 0.2) is 39.6 Å². The first kappa shape index (κ1) is 16.6. The van der Waals surface area contributed by atoms with E-state index in [1.807, 2.05) is 33.9 Å². The minimum atomic E-state index is -0.0774. The van der Waals surface area contributed by atoms with Gasteiger partial charge in [-0.15, -0.1) is 0 Å². The summed E-state index contributed by atoms with van der Waals surface area (Å²) in [5.74, 6) is 0.912. The van der Waals surface area contributed by atoms with Crippen LogP contribution in [0.1, 0.15) is 22.5 Å². The van der Waals surface area contributed by atoms with Crippen LogP contribution in [0.2, 0.25) is 0 Å². The van der Waals surface area contributed by atoms with Gasteiger partial charge in [0.05, 0.1) is 11.8 Å². The van der Waals surface area contributed by atoms with E-state index >= 15 is 0 Å². The molecule has 0 unspecified atom stereocenters. The summed E-state index contributed by atoms with van der Waals surface area (Å²) in [4.78, 5) is 28.3. The van der Waals surface area contributed by atoms with Crippen molar-refractivity contribution < 1.29 is 14.0 Å². The fourth-order valence-corrected chi connectivity index (χ4v) is 3.38. The van der Waals surface area contributed by atoms with Crippen LogP contribution in [0, 0.1) is 0 Å². The second kappa shape index (κ2) is 8.01. The Labute approximate surface area is 145 Å². The summed E-state index contributed by atoms with van der Waals surface area (Å²) in [7, 11) is 0. The SMILES string of the molecule is O=C(NCCc1ccco1)N1CCCN(C(=O)c2ccsc2)CC1. The zero-order valence-corrected chi connectivity index (χ0v) is 14.3. The summed E-state index contributed by atoms with van der Waals surface area (Å²) in [5.41, 5.74) is 0.733. The van der Waals surface area contributed by atoms with Crippen molar-refractivity contribution in [3.05, 3.63) is 46.5 Å². The third-order valence-electron chi connectivity index (χ3n) is 4.07. The number of thiophene rings is 1. The van der Waals surface area contributed by atoms with Crippen molar-refractivity contribution in [2.75, 3.05) is 32.7 Å². The highest BCUT2D eigenvalue weighted by atomic mass is 32.1. The molecule has 1 aliphatic rings. The van der Waals surface area contributed by atoms with E-state index in [1.165, 1.54) is 11.3 Å². The first-order chi connectivity index (χ1) is 11.7. The van der Waals surface area contributed by atoms with Gasteiger partial charge < -0.3 is 19.5 Å². The molecule has 7 heteroatoms. The molecular weight excluding hydrogens is 326 g/mol. The number of rotatable bonds is 4. The van der Waals surface area contributed by atoms with Gasteiger partial charge in [-0.3, -0.25) is 4.79 Å². The average Bonchev–Trinajstić information content (AvgIpc) is 3.24. The number of hydrogen-bond acceptors (Lipinski definition) is 4. The minimum Gasteiger partial charge on any atom is -0.469 e. The Morgan fingerprint density at radius 1 is 1.17 bits per heavy atom. The van der Waals surface area contributed by atoms with Crippen molar-refractivity contribution in [2.45, 2.75) is 12.8 Å². The second-order valence-corrected chi connectivity index (χ2v) is 6.49. The molecule has 0 radical (unpaired) electrons. The molecule has 0 atom stereocenters. The van der Waals surface area contributed by atoms with Crippen LogP contribution in [-0.2, 0) is 6.42 Å². The first-order valence-electron chi connectivity index (χ1n) is 8.10. The summed E-state index contributed by atoms with van der Waals surface area (Å²) in [6.07, 6.45) is 3.10. The van der Waals surface area contributed by atoms with E-state index in [4.69, 9.17) is 4.42 Å². The summed E-state index contributed by atoms with van der Waals surface area (Å²) >= 11 is 1.52. The van der Waals surface area contributed by atoms with Gasteiger partial charge in [-0.1, -0.05) is 0 Å². The Balaban J connectivity index is 1.46. The smallest absolute Gasteiger partial charge is 0.317 e. The predicted molar refractivity (Wildman–Crippen MR) is 92.2 cm³/mol. The molecule has 3 heterocycles. The van der Waals surface area contributed by atoms with Crippen LogP contribution < -0.4 is 5.32 Å². The third-order valence-corrected chi connectivity index (χ3v) is 4.75. The molecule has 1 N–H and O–H groups in total. The fourth-order valence-electron chi connectivity index (χ4n) is 2.75. The predicted octanol–water partition coefficient (Wildman–Crippen LogP) is 2.44. The van der Waals surface area contributed by atoms with E-state index in [2.05, 4.69) is 5.32 Å². The molecule has 0 saturated carbocycles. The van der Waals surface area contributed by atoms with Crippen LogP contribution >= 0.6 is 11.3 Å². The molecule has 2 aromatic rings. The number of carbonyl (C=O) groups is 2. The highest BCUT2D eigenvalue weighted by Gasteiger charge is 2.22. The number of nitrogens with zero attached hydrogens (tertiary/aromatic N) is 2. The Morgan fingerprint density at radius 2 is 2.00 bits per heavy atom. The number of furan rings is 1. The lowest BCUT2D eigenvalue weighted by Crippen LogP contribution is -2.43. The van der Waals surface area contributed by atoms with Gasteiger partial charge in [0.1, 0.15) is 5.76 Å². The van der Waals surface area contributed by atoms with Crippen molar-refractivity contribution in [1.82, 2.24) is 15.1 Å². The quantitative estimate of drug-likeness (QED) is 0.924. The number of amides is 3. The molecule has 1 aliphatic heterocycles. The van der Waals surface area contributed by atoms with Gasteiger partial charge in [0.2, 0.25) is 0 Å². The minimum absolute atomic E-state index is 0.0522. The van der Waals surface area contributed by atoms with Crippen molar-refractivity contribution in [3.63, 3.8) is 0 Å². The summed E-state index contributed by atoms with van der Waals surface area (Å²) in [6.45, 7) is 3.02. The maximum Gasteiger partial charge on any atom is 0.317 e. The summed E-state index contributed by atoms with van der Waals surface area (Å²) in [6, 6.07) is 5.50. The summed E-state index contributed by atoms with van der Waals surface area (Å²) in [5, 5.41) is 6.69. The second-order valence-electron chi connectivity index (χ2n) is 5.71. The topological polar surface area (TPSA) is 65.8 Å². The lowest BCUT2D eigenvalue weighted by molar-refractivity contribution is 0.0763. The van der Waals surface area contributed by atoms with Crippen molar-refractivity contribution in [2.24, 2.45) is 0 Å². The molecule has 1 saturated heterocycles. The van der Waals surface area contributed by atoms with Crippen molar-refractivity contribution in [3.8, 4) is 0 Å². The zero-order valence-electron chi connectivity index (χ0n) is 13.4. The van der Waals surface area contributed by atoms with Gasteiger partial charge in [0.25, 0.3) is 5.91 Å². The van der Waals surface area contributed by atoms with E-state index in [9.17, 15) is 9.59 Å². The van der Waals surface area contributed by atoms with Crippen LogP contribution in [0.3, 0.4) is 0 Å². The lowest BCUT2D eigenvalue weighted by atomic mass is 10.3. The monoisotopic (exact) mass is 347 g/mol. The Morgan fingerprint density at radius 3 is 2.75 bits per heavy atom. The molecule has 0 aliphatic carbocycles. The number of hydrogen-bond donors (Lipinski definition) is 1. The van der Waals surface area contributed by atoms with Crippen molar-refractivity contribution >= 4 is 23.3 Å². The van der Waals surface area contributed by atoms with Crippen LogP contribution in [-0.4, -0.2) is 54.5 Å². The highest BCUT2D eigenvalue weighted by molar-refractivity contribution is 7.08. The molecule has 3 rings (SSSR count). The molecular formula is C17H21N3O3S. The molecule has 1 fully saturated rings. The van der Waals surface area contributed by atoms with Crippen LogP contribution in [0.25, 0.3) is 0 Å². The maximum absolute atomic E-state index is 12.4. The van der Waals surface area contributed by atoms with E-state index in [1.54, 1.807) is 11.2 Å². The Bertz CT molecular complexity index is 655.